The maximum Gasteiger partial charge on any atom is 0.341 e. The van der Waals surface area contributed by atoms with E-state index in [0.29, 0.717) is 16.7 Å². The first-order chi connectivity index (χ1) is 13.5. The number of hydrogen-bond acceptors (Lipinski definition) is 5. The zero-order valence-electron chi connectivity index (χ0n) is 16.6. The molecule has 0 saturated carbocycles. The van der Waals surface area contributed by atoms with Crippen molar-refractivity contribution in [2.24, 2.45) is 0 Å². The van der Waals surface area contributed by atoms with Gasteiger partial charge in [-0.25, -0.2) is 4.79 Å². The molecule has 150 valence electrons. The van der Waals surface area contributed by atoms with Crippen LogP contribution in [-0.2, 0) is 11.3 Å². The number of esters is 1. The molecule has 1 aromatic carbocycles. The van der Waals surface area contributed by atoms with Crippen molar-refractivity contribution < 1.29 is 9.53 Å². The molecule has 1 aromatic heterocycles. The second-order valence-electron chi connectivity index (χ2n) is 7.11. The number of hydrogen-bond donors (Lipinski definition) is 2. The van der Waals surface area contributed by atoms with E-state index in [0.717, 1.165) is 47.9 Å². The van der Waals surface area contributed by atoms with E-state index < -0.39 is 0 Å². The molecule has 0 amide bonds. The molecule has 2 aromatic rings. The predicted molar refractivity (Wildman–Crippen MR) is 119 cm³/mol. The van der Waals surface area contributed by atoms with Crippen LogP contribution >= 0.6 is 23.6 Å². The molecule has 0 radical (unpaired) electrons. The normalized spacial score (nSPS) is 15.2. The van der Waals surface area contributed by atoms with Crippen molar-refractivity contribution in [3.05, 3.63) is 51.9 Å². The van der Waals surface area contributed by atoms with Crippen LogP contribution in [0.2, 0.25) is 0 Å². The first-order valence-electron chi connectivity index (χ1n) is 9.50. The second kappa shape index (κ2) is 9.49. The highest BCUT2D eigenvalue weighted by atomic mass is 32.1. The van der Waals surface area contributed by atoms with Crippen molar-refractivity contribution in [3.63, 3.8) is 0 Å². The maximum atomic E-state index is 12.1. The Morgan fingerprint density at radius 2 is 1.93 bits per heavy atom. The molecule has 2 heterocycles. The molecule has 1 aliphatic rings. The fourth-order valence-electron chi connectivity index (χ4n) is 3.46. The monoisotopic (exact) mass is 417 g/mol. The fraction of sp³-hybridized carbons (Fsp3) is 0.429. The number of anilines is 1. The third kappa shape index (κ3) is 5.10. The third-order valence-corrected chi connectivity index (χ3v) is 6.52. The van der Waals surface area contributed by atoms with Gasteiger partial charge in [-0.1, -0.05) is 30.3 Å². The molecule has 1 saturated heterocycles. The standard InChI is InChI=1S/C21H27N3O2S2/c1-14-15(2)28-19(18(14)20(25)26-3)23-21(27)22-17-9-11-24(12-10-17)13-16-7-5-4-6-8-16/h4-8,17H,9-13H2,1-3H3,(H2,22,23,27). The Hall–Kier alpha value is -1.96. The summed E-state index contributed by atoms with van der Waals surface area (Å²) in [6.07, 6.45) is 2.09. The number of carbonyl (C=O) groups is 1. The maximum absolute atomic E-state index is 12.1. The van der Waals surface area contributed by atoms with Gasteiger partial charge in [0.05, 0.1) is 12.7 Å². The molecule has 7 heteroatoms. The zero-order chi connectivity index (χ0) is 20.1. The van der Waals surface area contributed by atoms with Gasteiger partial charge in [0.15, 0.2) is 5.11 Å². The number of nitrogens with zero attached hydrogens (tertiary/aromatic N) is 1. The lowest BCUT2D eigenvalue weighted by molar-refractivity contribution is 0.0601. The van der Waals surface area contributed by atoms with Gasteiger partial charge in [-0.2, -0.15) is 0 Å². The Balaban J connectivity index is 1.51. The van der Waals surface area contributed by atoms with Crippen LogP contribution in [0.1, 0.15) is 39.2 Å². The van der Waals surface area contributed by atoms with Crippen molar-refractivity contribution in [1.29, 1.82) is 0 Å². The van der Waals surface area contributed by atoms with Crippen LogP contribution in [0.3, 0.4) is 0 Å². The average molecular weight is 418 g/mol. The summed E-state index contributed by atoms with van der Waals surface area (Å²) >= 11 is 7.03. The highest BCUT2D eigenvalue weighted by Gasteiger charge is 2.23. The molecule has 1 aliphatic heterocycles. The first-order valence-corrected chi connectivity index (χ1v) is 10.7. The summed E-state index contributed by atoms with van der Waals surface area (Å²) in [4.78, 5) is 15.7. The van der Waals surface area contributed by atoms with Gasteiger partial charge in [0.2, 0.25) is 0 Å². The summed E-state index contributed by atoms with van der Waals surface area (Å²) in [5.41, 5.74) is 2.87. The van der Waals surface area contributed by atoms with E-state index >= 15 is 0 Å². The van der Waals surface area contributed by atoms with Crippen molar-refractivity contribution >= 4 is 39.6 Å². The minimum absolute atomic E-state index is 0.332. The van der Waals surface area contributed by atoms with Crippen LogP contribution in [0, 0.1) is 13.8 Å². The summed E-state index contributed by atoms with van der Waals surface area (Å²) in [6, 6.07) is 10.9. The molecule has 0 spiro atoms. The van der Waals surface area contributed by atoms with Crippen LogP contribution in [0.5, 0.6) is 0 Å². The predicted octanol–water partition coefficient (Wildman–Crippen LogP) is 4.10. The van der Waals surface area contributed by atoms with Gasteiger partial charge in [-0.05, 0) is 50.0 Å². The number of likely N-dealkylation sites (tertiary alicyclic amines) is 1. The summed E-state index contributed by atoms with van der Waals surface area (Å²) in [7, 11) is 1.40. The number of aryl methyl sites for hydroxylation is 1. The van der Waals surface area contributed by atoms with Crippen molar-refractivity contribution in [2.45, 2.75) is 39.3 Å². The van der Waals surface area contributed by atoms with Crippen LogP contribution in [-0.4, -0.2) is 42.2 Å². The zero-order valence-corrected chi connectivity index (χ0v) is 18.2. The van der Waals surface area contributed by atoms with Crippen LogP contribution in [0.25, 0.3) is 0 Å². The summed E-state index contributed by atoms with van der Waals surface area (Å²) in [5.74, 6) is -0.332. The van der Waals surface area contributed by atoms with Gasteiger partial charge in [0, 0.05) is 30.6 Å². The number of rotatable bonds is 5. The van der Waals surface area contributed by atoms with E-state index in [2.05, 4.69) is 45.9 Å². The lowest BCUT2D eigenvalue weighted by atomic mass is 10.0. The van der Waals surface area contributed by atoms with E-state index in [1.807, 2.05) is 13.8 Å². The number of ether oxygens (including phenoxy) is 1. The molecule has 3 rings (SSSR count). The lowest BCUT2D eigenvalue weighted by Crippen LogP contribution is -2.45. The highest BCUT2D eigenvalue weighted by Crippen LogP contribution is 2.33. The smallest absolute Gasteiger partial charge is 0.341 e. The van der Waals surface area contributed by atoms with E-state index in [4.69, 9.17) is 17.0 Å². The number of nitrogens with one attached hydrogen (secondary N) is 2. The number of methoxy groups -OCH3 is 1. The number of thiocarbonyl (C=S) groups is 1. The van der Waals surface area contributed by atoms with Gasteiger partial charge < -0.3 is 15.4 Å². The molecule has 0 atom stereocenters. The van der Waals surface area contributed by atoms with Crippen molar-refractivity contribution in [1.82, 2.24) is 10.2 Å². The lowest BCUT2D eigenvalue weighted by Gasteiger charge is -2.33. The Bertz CT molecular complexity index is 828. The molecular formula is C21H27N3O2S2. The van der Waals surface area contributed by atoms with Crippen molar-refractivity contribution in [3.8, 4) is 0 Å². The van der Waals surface area contributed by atoms with Gasteiger partial charge in [0.25, 0.3) is 0 Å². The Kier molecular flexibility index (Phi) is 7.04. The van der Waals surface area contributed by atoms with Gasteiger partial charge in [-0.15, -0.1) is 11.3 Å². The number of benzene rings is 1. The van der Waals surface area contributed by atoms with Gasteiger partial charge in [-0.3, -0.25) is 4.90 Å². The van der Waals surface area contributed by atoms with Gasteiger partial charge >= 0.3 is 5.97 Å². The number of piperidine rings is 1. The van der Waals surface area contributed by atoms with Crippen LogP contribution in [0.4, 0.5) is 5.00 Å². The molecular weight excluding hydrogens is 390 g/mol. The SMILES string of the molecule is COC(=O)c1c(NC(=S)NC2CCN(Cc3ccccc3)CC2)sc(C)c1C. The fourth-order valence-corrected chi connectivity index (χ4v) is 4.85. The summed E-state index contributed by atoms with van der Waals surface area (Å²) in [5, 5.41) is 7.94. The minimum atomic E-state index is -0.332. The average Bonchev–Trinajstić information content (AvgIpc) is 2.97. The molecule has 1 fully saturated rings. The third-order valence-electron chi connectivity index (χ3n) is 5.17. The van der Waals surface area contributed by atoms with E-state index in [1.165, 1.54) is 24.0 Å². The molecule has 0 aliphatic carbocycles. The summed E-state index contributed by atoms with van der Waals surface area (Å²) in [6.45, 7) is 7.00. The largest absolute Gasteiger partial charge is 0.465 e. The minimum Gasteiger partial charge on any atom is -0.465 e. The second-order valence-corrected chi connectivity index (χ2v) is 8.75. The number of thiophene rings is 1. The van der Waals surface area contributed by atoms with Crippen LogP contribution in [0.15, 0.2) is 30.3 Å². The topological polar surface area (TPSA) is 53.6 Å². The molecule has 2 N–H and O–H groups in total. The Morgan fingerprint density at radius 1 is 1.25 bits per heavy atom. The van der Waals surface area contributed by atoms with Crippen molar-refractivity contribution in [2.75, 3.05) is 25.5 Å². The first kappa shape index (κ1) is 20.8. The van der Waals surface area contributed by atoms with Gasteiger partial charge in [0.1, 0.15) is 5.00 Å². The molecule has 5 nitrogen and oxygen atoms in total. The van der Waals surface area contributed by atoms with E-state index in [1.54, 1.807) is 0 Å². The van der Waals surface area contributed by atoms with Crippen LogP contribution < -0.4 is 10.6 Å². The highest BCUT2D eigenvalue weighted by molar-refractivity contribution is 7.80. The van der Waals surface area contributed by atoms with E-state index in [-0.39, 0.29) is 5.97 Å². The van der Waals surface area contributed by atoms with E-state index in [9.17, 15) is 4.79 Å². The Labute approximate surface area is 176 Å². The Morgan fingerprint density at radius 3 is 2.57 bits per heavy atom. The molecule has 0 bridgehead atoms. The quantitative estimate of drug-likeness (QED) is 0.564. The summed E-state index contributed by atoms with van der Waals surface area (Å²) < 4.78 is 4.92. The molecule has 28 heavy (non-hydrogen) atoms. The number of carbonyl (C=O) groups excluding carboxylic acids is 1. The molecule has 0 unspecified atom stereocenters.